The lowest BCUT2D eigenvalue weighted by atomic mass is 9.77. The molecular formula is C30H28BF4NO. The van der Waals surface area contributed by atoms with Gasteiger partial charge in [0.25, 0.3) is 0 Å². The van der Waals surface area contributed by atoms with Crippen molar-refractivity contribution in [1.29, 1.82) is 0 Å². The van der Waals surface area contributed by atoms with Gasteiger partial charge in [-0.3, -0.25) is 0 Å². The van der Waals surface area contributed by atoms with Crippen molar-refractivity contribution in [3.05, 3.63) is 101 Å². The molecule has 0 saturated heterocycles. The molecule has 0 atom stereocenters. The molecule has 190 valence electrons. The highest BCUT2D eigenvalue weighted by Crippen LogP contribution is 2.44. The summed E-state index contributed by atoms with van der Waals surface area (Å²) in [5.41, 5.74) is 14.3. The maximum Gasteiger partial charge on any atom is 0.673 e. The van der Waals surface area contributed by atoms with Crippen molar-refractivity contribution in [3.63, 3.8) is 0 Å². The first-order valence-electron chi connectivity index (χ1n) is 12.6. The minimum absolute atomic E-state index is 0.707. The standard InChI is InChI=1S/C30H28NO.BF4/c1-32-20-19-31-29-24-13-7-5-9-21(24)15-17-26(29)28(23-11-3-2-4-12-23)27-18-16-22-10-6-8-14-25(22)30(27)31;2-1(3,4)5/h2-14H,15-20H2,1H3;/q+1;-1. The fraction of sp³-hybridized carbons (Fsp3) is 0.233. The molecule has 0 aliphatic heterocycles. The topological polar surface area (TPSA) is 13.1 Å². The van der Waals surface area contributed by atoms with Crippen LogP contribution in [0.1, 0.15) is 22.3 Å². The van der Waals surface area contributed by atoms with Crippen molar-refractivity contribution in [2.24, 2.45) is 0 Å². The molecule has 2 aliphatic rings. The van der Waals surface area contributed by atoms with E-state index in [0.29, 0.717) is 6.61 Å². The molecule has 1 aromatic heterocycles. The zero-order chi connectivity index (χ0) is 26.0. The molecule has 37 heavy (non-hydrogen) atoms. The van der Waals surface area contributed by atoms with Crippen LogP contribution in [0.3, 0.4) is 0 Å². The molecule has 0 spiro atoms. The highest BCUT2D eigenvalue weighted by atomic mass is 19.5. The van der Waals surface area contributed by atoms with Crippen molar-refractivity contribution in [2.45, 2.75) is 32.2 Å². The van der Waals surface area contributed by atoms with Crippen molar-refractivity contribution in [1.82, 2.24) is 0 Å². The molecule has 0 N–H and O–H groups in total. The van der Waals surface area contributed by atoms with Crippen LogP contribution in [0.5, 0.6) is 0 Å². The van der Waals surface area contributed by atoms with Gasteiger partial charge < -0.3 is 22.0 Å². The molecule has 4 aromatic rings. The number of benzene rings is 3. The van der Waals surface area contributed by atoms with Gasteiger partial charge in [-0.05, 0) is 54.5 Å². The number of halogens is 4. The number of aryl methyl sites for hydroxylation is 2. The lowest BCUT2D eigenvalue weighted by molar-refractivity contribution is -0.677. The van der Waals surface area contributed by atoms with Crippen molar-refractivity contribution in [3.8, 4) is 33.6 Å². The largest absolute Gasteiger partial charge is 0.673 e. The van der Waals surface area contributed by atoms with Crippen LogP contribution < -0.4 is 4.57 Å². The summed E-state index contributed by atoms with van der Waals surface area (Å²) in [5.74, 6) is 0. The van der Waals surface area contributed by atoms with E-state index >= 15 is 0 Å². The summed E-state index contributed by atoms with van der Waals surface area (Å²) in [4.78, 5) is 0. The second-order valence-corrected chi connectivity index (χ2v) is 9.35. The predicted octanol–water partition coefficient (Wildman–Crippen LogP) is 7.12. The molecule has 0 bridgehead atoms. The molecule has 0 unspecified atom stereocenters. The van der Waals surface area contributed by atoms with Gasteiger partial charge in [0.15, 0.2) is 6.54 Å². The maximum atomic E-state index is 9.75. The zero-order valence-electron chi connectivity index (χ0n) is 20.7. The first-order chi connectivity index (χ1) is 17.9. The molecule has 1 heterocycles. The number of methoxy groups -OCH3 is 1. The van der Waals surface area contributed by atoms with Gasteiger partial charge in [-0.25, -0.2) is 0 Å². The molecule has 2 nitrogen and oxygen atoms in total. The summed E-state index contributed by atoms with van der Waals surface area (Å²) in [5, 5.41) is 0. The van der Waals surface area contributed by atoms with Crippen LogP contribution in [0.25, 0.3) is 33.6 Å². The van der Waals surface area contributed by atoms with Gasteiger partial charge in [0.1, 0.15) is 6.61 Å². The Morgan fingerprint density at radius 1 is 0.676 bits per heavy atom. The minimum atomic E-state index is -6.00. The Morgan fingerprint density at radius 3 is 1.62 bits per heavy atom. The zero-order valence-corrected chi connectivity index (χ0v) is 20.7. The van der Waals surface area contributed by atoms with Gasteiger partial charge in [-0.2, -0.15) is 4.57 Å². The van der Waals surface area contributed by atoms with E-state index in [-0.39, 0.29) is 0 Å². The van der Waals surface area contributed by atoms with Gasteiger partial charge >= 0.3 is 7.25 Å². The van der Waals surface area contributed by atoms with E-state index < -0.39 is 7.25 Å². The summed E-state index contributed by atoms with van der Waals surface area (Å²) >= 11 is 0. The van der Waals surface area contributed by atoms with Gasteiger partial charge in [-0.15, -0.1) is 0 Å². The molecule has 2 aliphatic carbocycles. The van der Waals surface area contributed by atoms with Gasteiger partial charge in [0, 0.05) is 34.9 Å². The molecule has 7 heteroatoms. The van der Waals surface area contributed by atoms with E-state index in [1.807, 2.05) is 0 Å². The molecule has 6 rings (SSSR count). The number of fused-ring (bicyclic) bond motifs is 6. The van der Waals surface area contributed by atoms with E-state index in [1.54, 1.807) is 7.11 Å². The second-order valence-electron chi connectivity index (χ2n) is 9.35. The third-order valence-electron chi connectivity index (χ3n) is 7.13. The smallest absolute Gasteiger partial charge is 0.418 e. The SMILES string of the molecule is COCC[n+]1c2c(c(-c3ccccc3)c3c1-c1ccccc1CC3)CCc1ccccc1-2.F[B-](F)(F)F. The lowest BCUT2D eigenvalue weighted by Gasteiger charge is -2.28. The van der Waals surface area contributed by atoms with E-state index in [4.69, 9.17) is 4.74 Å². The Kier molecular flexibility index (Phi) is 7.16. The monoisotopic (exact) mass is 505 g/mol. The third-order valence-corrected chi connectivity index (χ3v) is 7.13. The van der Waals surface area contributed by atoms with E-state index in [0.717, 1.165) is 32.2 Å². The average Bonchev–Trinajstić information content (AvgIpc) is 2.90. The van der Waals surface area contributed by atoms with Crippen LogP contribution in [-0.2, 0) is 37.0 Å². The fourth-order valence-electron chi connectivity index (χ4n) is 5.78. The first-order valence-corrected chi connectivity index (χ1v) is 12.6. The Bertz CT molecular complexity index is 1340. The van der Waals surface area contributed by atoms with Crippen LogP contribution in [0.15, 0.2) is 78.9 Å². The fourth-order valence-corrected chi connectivity index (χ4v) is 5.78. The van der Waals surface area contributed by atoms with Gasteiger partial charge in [0.05, 0.1) is 0 Å². The Balaban J connectivity index is 0.000000514. The van der Waals surface area contributed by atoms with Crippen LogP contribution in [0.2, 0.25) is 0 Å². The highest BCUT2D eigenvalue weighted by Gasteiger charge is 2.37. The first kappa shape index (κ1) is 25.2. The van der Waals surface area contributed by atoms with Crippen LogP contribution in [0.4, 0.5) is 17.3 Å². The molecule has 0 amide bonds. The Hall–Kier alpha value is -3.45. The number of nitrogens with zero attached hydrogens (tertiary/aromatic N) is 1. The van der Waals surface area contributed by atoms with Crippen LogP contribution in [0, 0.1) is 0 Å². The summed E-state index contributed by atoms with van der Waals surface area (Å²) in [6.45, 7) is 1.57. The number of rotatable bonds is 4. The maximum absolute atomic E-state index is 9.75. The predicted molar refractivity (Wildman–Crippen MR) is 140 cm³/mol. The summed E-state index contributed by atoms with van der Waals surface area (Å²) in [7, 11) is -4.19. The van der Waals surface area contributed by atoms with E-state index in [9.17, 15) is 17.3 Å². The van der Waals surface area contributed by atoms with Crippen molar-refractivity contribution in [2.75, 3.05) is 13.7 Å². The van der Waals surface area contributed by atoms with Crippen molar-refractivity contribution >= 4 is 7.25 Å². The number of hydrogen-bond acceptors (Lipinski definition) is 1. The lowest BCUT2D eigenvalue weighted by Crippen LogP contribution is -2.45. The van der Waals surface area contributed by atoms with Gasteiger partial charge in [0.2, 0.25) is 11.4 Å². The van der Waals surface area contributed by atoms with E-state index in [2.05, 4.69) is 83.4 Å². The van der Waals surface area contributed by atoms with E-state index in [1.165, 1.54) is 55.9 Å². The minimum Gasteiger partial charge on any atom is -0.418 e. The number of aromatic nitrogens is 1. The van der Waals surface area contributed by atoms with Crippen molar-refractivity contribution < 1.29 is 26.6 Å². The summed E-state index contributed by atoms with van der Waals surface area (Å²) in [6, 6.07) is 29.0. The average molecular weight is 505 g/mol. The van der Waals surface area contributed by atoms with Crippen LogP contribution in [-0.4, -0.2) is 21.0 Å². The highest BCUT2D eigenvalue weighted by molar-refractivity contribution is 6.50. The Labute approximate surface area is 214 Å². The Morgan fingerprint density at radius 2 is 1.14 bits per heavy atom. The quantitative estimate of drug-likeness (QED) is 0.164. The summed E-state index contributed by atoms with van der Waals surface area (Å²) in [6.07, 6.45) is 4.36. The summed E-state index contributed by atoms with van der Waals surface area (Å²) < 4.78 is 47.2. The number of hydrogen-bond donors (Lipinski definition) is 0. The number of ether oxygens (including phenoxy) is 1. The number of pyridine rings is 1. The second kappa shape index (κ2) is 10.5. The molecule has 0 radical (unpaired) electrons. The molecule has 0 saturated carbocycles. The third kappa shape index (κ3) is 5.19. The molecule has 0 fully saturated rings. The van der Waals surface area contributed by atoms with Gasteiger partial charge in [-0.1, -0.05) is 66.7 Å². The molecular weight excluding hydrogens is 477 g/mol. The molecule has 3 aromatic carbocycles. The van der Waals surface area contributed by atoms with Crippen LogP contribution >= 0.6 is 0 Å². The normalized spacial score (nSPS) is 13.4.